The van der Waals surface area contributed by atoms with Crippen LogP contribution in [0.4, 0.5) is 0 Å². The standard InChI is InChI=1S/C27H28O6/c28-23-19-15-17(24(29)26(31)11-3-1-4-12-26)7-9-21(19)33-22-10-8-18(16-20(22)23)25(30)27(32)13-5-2-6-14-27/h7-10,15-16,31-32H,1-6,11-14H2. The van der Waals surface area contributed by atoms with Gasteiger partial charge in [-0.15, -0.1) is 0 Å². The Bertz CT molecular complexity index is 1210. The van der Waals surface area contributed by atoms with Crippen LogP contribution >= 0.6 is 0 Å². The first-order chi connectivity index (χ1) is 15.8. The van der Waals surface area contributed by atoms with Crippen LogP contribution in [0.1, 0.15) is 84.9 Å². The van der Waals surface area contributed by atoms with E-state index in [2.05, 4.69) is 0 Å². The normalized spacial score (nSPS) is 20.1. The third kappa shape index (κ3) is 3.81. The third-order valence-corrected chi connectivity index (χ3v) is 7.40. The number of aliphatic hydroxyl groups is 2. The second-order valence-electron chi connectivity index (χ2n) is 9.70. The van der Waals surface area contributed by atoms with Gasteiger partial charge in [0, 0.05) is 11.1 Å². The van der Waals surface area contributed by atoms with Crippen molar-refractivity contribution in [2.24, 2.45) is 0 Å². The maximum Gasteiger partial charge on any atom is 0.200 e. The van der Waals surface area contributed by atoms with Crippen molar-refractivity contribution in [1.82, 2.24) is 0 Å². The molecule has 2 fully saturated rings. The molecule has 5 rings (SSSR count). The topological polar surface area (TPSA) is 105 Å². The number of carbonyl (C=O) groups excluding carboxylic acids is 2. The Morgan fingerprint density at radius 1 is 0.667 bits per heavy atom. The molecule has 6 nitrogen and oxygen atoms in total. The Labute approximate surface area is 191 Å². The molecule has 0 amide bonds. The van der Waals surface area contributed by atoms with E-state index in [1.54, 1.807) is 24.3 Å². The van der Waals surface area contributed by atoms with Crippen LogP contribution in [0, 0.1) is 0 Å². The van der Waals surface area contributed by atoms with E-state index >= 15 is 0 Å². The second-order valence-corrected chi connectivity index (χ2v) is 9.70. The molecule has 2 aliphatic carbocycles. The molecule has 2 N–H and O–H groups in total. The Morgan fingerprint density at radius 2 is 1.06 bits per heavy atom. The summed E-state index contributed by atoms with van der Waals surface area (Å²) in [6, 6.07) is 9.31. The highest BCUT2D eigenvalue weighted by Gasteiger charge is 2.38. The SMILES string of the molecule is O=C(c1ccc2oc3ccc(C(=O)C4(O)CCCCC4)cc3c(=O)c2c1)C1(O)CCCCC1. The van der Waals surface area contributed by atoms with Gasteiger partial charge in [0.05, 0.1) is 10.8 Å². The quantitative estimate of drug-likeness (QED) is 0.443. The average Bonchev–Trinajstić information content (AvgIpc) is 2.84. The number of Topliss-reactive ketones (excluding diaryl/α,β-unsaturated/α-hetero) is 2. The van der Waals surface area contributed by atoms with Crippen LogP contribution in [0.2, 0.25) is 0 Å². The van der Waals surface area contributed by atoms with Gasteiger partial charge in [-0.3, -0.25) is 14.4 Å². The molecule has 0 spiro atoms. The summed E-state index contributed by atoms with van der Waals surface area (Å²) in [4.78, 5) is 39.4. The number of carbonyl (C=O) groups is 2. The lowest BCUT2D eigenvalue weighted by Crippen LogP contribution is -2.40. The largest absolute Gasteiger partial charge is 0.456 e. The summed E-state index contributed by atoms with van der Waals surface area (Å²) in [6.07, 6.45) is 6.87. The number of fused-ring (bicyclic) bond motifs is 2. The van der Waals surface area contributed by atoms with Crippen molar-refractivity contribution in [3.63, 3.8) is 0 Å². The van der Waals surface area contributed by atoms with Crippen LogP contribution in [-0.2, 0) is 0 Å². The molecule has 2 aliphatic rings. The summed E-state index contributed by atoms with van der Waals surface area (Å²) in [5, 5.41) is 22.1. The predicted molar refractivity (Wildman–Crippen MR) is 125 cm³/mol. The van der Waals surface area contributed by atoms with Gasteiger partial charge in [0.2, 0.25) is 5.43 Å². The molecular weight excluding hydrogens is 420 g/mol. The molecule has 1 aromatic heterocycles. The van der Waals surface area contributed by atoms with E-state index in [0.29, 0.717) is 36.8 Å². The fourth-order valence-corrected chi connectivity index (χ4v) is 5.40. The number of hydrogen-bond donors (Lipinski definition) is 2. The maximum atomic E-state index is 13.3. The monoisotopic (exact) mass is 448 g/mol. The summed E-state index contributed by atoms with van der Waals surface area (Å²) in [6.45, 7) is 0. The fourth-order valence-electron chi connectivity index (χ4n) is 5.40. The summed E-state index contributed by atoms with van der Waals surface area (Å²) >= 11 is 0. The molecule has 0 aliphatic heterocycles. The summed E-state index contributed by atoms with van der Waals surface area (Å²) in [7, 11) is 0. The van der Waals surface area contributed by atoms with E-state index in [1.165, 1.54) is 12.1 Å². The molecule has 0 bridgehead atoms. The van der Waals surface area contributed by atoms with Crippen molar-refractivity contribution < 1.29 is 24.2 Å². The zero-order valence-electron chi connectivity index (χ0n) is 18.6. The van der Waals surface area contributed by atoms with E-state index in [9.17, 15) is 24.6 Å². The van der Waals surface area contributed by atoms with E-state index in [0.717, 1.165) is 38.5 Å². The molecule has 0 saturated heterocycles. The lowest BCUT2D eigenvalue weighted by Gasteiger charge is -2.30. The van der Waals surface area contributed by atoms with Gasteiger partial charge in [0.25, 0.3) is 0 Å². The van der Waals surface area contributed by atoms with Gasteiger partial charge in [-0.2, -0.15) is 0 Å². The first-order valence-electron chi connectivity index (χ1n) is 11.9. The molecule has 6 heteroatoms. The zero-order chi connectivity index (χ0) is 23.2. The van der Waals surface area contributed by atoms with Crippen LogP contribution < -0.4 is 5.43 Å². The Hall–Kier alpha value is -2.83. The highest BCUT2D eigenvalue weighted by atomic mass is 16.3. The minimum Gasteiger partial charge on any atom is -0.456 e. The van der Waals surface area contributed by atoms with Crippen LogP contribution in [0.5, 0.6) is 0 Å². The molecule has 0 radical (unpaired) electrons. The molecule has 0 atom stereocenters. The Balaban J connectivity index is 1.57. The van der Waals surface area contributed by atoms with Gasteiger partial charge in [0.1, 0.15) is 22.4 Å². The van der Waals surface area contributed by atoms with Crippen LogP contribution in [0.3, 0.4) is 0 Å². The minimum absolute atomic E-state index is 0.230. The number of hydrogen-bond acceptors (Lipinski definition) is 6. The van der Waals surface area contributed by atoms with Gasteiger partial charge < -0.3 is 14.6 Å². The summed E-state index contributed by atoms with van der Waals surface area (Å²) in [5.41, 5.74) is -1.89. The third-order valence-electron chi connectivity index (χ3n) is 7.40. The van der Waals surface area contributed by atoms with E-state index in [1.807, 2.05) is 0 Å². The molecule has 1 heterocycles. The Morgan fingerprint density at radius 3 is 1.45 bits per heavy atom. The molecule has 2 aromatic carbocycles. The molecule has 3 aromatic rings. The molecule has 33 heavy (non-hydrogen) atoms. The highest BCUT2D eigenvalue weighted by Crippen LogP contribution is 2.33. The van der Waals surface area contributed by atoms with Crippen molar-refractivity contribution in [1.29, 1.82) is 0 Å². The number of ketones is 2. The predicted octanol–water partition coefficient (Wildman–Crippen LogP) is 4.70. The lowest BCUT2D eigenvalue weighted by atomic mass is 9.79. The van der Waals surface area contributed by atoms with Gasteiger partial charge >= 0.3 is 0 Å². The molecule has 0 unspecified atom stereocenters. The van der Waals surface area contributed by atoms with E-state index in [-0.39, 0.29) is 38.9 Å². The highest BCUT2D eigenvalue weighted by molar-refractivity contribution is 6.07. The van der Waals surface area contributed by atoms with Gasteiger partial charge in [-0.25, -0.2) is 0 Å². The second kappa shape index (κ2) is 8.19. The van der Waals surface area contributed by atoms with Gasteiger partial charge in [0.15, 0.2) is 11.6 Å². The molecular formula is C27H28O6. The fraction of sp³-hybridized carbons (Fsp3) is 0.444. The first kappa shape index (κ1) is 22.0. The summed E-state index contributed by atoms with van der Waals surface area (Å²) in [5.74, 6) is -0.737. The Kier molecular flexibility index (Phi) is 5.46. The van der Waals surface area contributed by atoms with Crippen LogP contribution in [0.25, 0.3) is 21.9 Å². The smallest absolute Gasteiger partial charge is 0.200 e. The van der Waals surface area contributed by atoms with Crippen LogP contribution in [-0.4, -0.2) is 33.0 Å². The average molecular weight is 449 g/mol. The maximum absolute atomic E-state index is 13.3. The van der Waals surface area contributed by atoms with Crippen molar-refractivity contribution in [2.45, 2.75) is 75.4 Å². The van der Waals surface area contributed by atoms with Crippen LogP contribution in [0.15, 0.2) is 45.6 Å². The van der Waals surface area contributed by atoms with Gasteiger partial charge in [-0.05, 0) is 62.1 Å². The van der Waals surface area contributed by atoms with Crippen molar-refractivity contribution in [3.05, 3.63) is 57.7 Å². The van der Waals surface area contributed by atoms with Crippen molar-refractivity contribution in [3.8, 4) is 0 Å². The minimum atomic E-state index is -1.39. The number of rotatable bonds is 4. The van der Waals surface area contributed by atoms with Gasteiger partial charge in [-0.1, -0.05) is 38.5 Å². The zero-order valence-corrected chi connectivity index (χ0v) is 18.6. The molecule has 172 valence electrons. The first-order valence-corrected chi connectivity index (χ1v) is 11.9. The van der Waals surface area contributed by atoms with E-state index in [4.69, 9.17) is 4.42 Å². The summed E-state index contributed by atoms with van der Waals surface area (Å²) < 4.78 is 5.89. The van der Waals surface area contributed by atoms with Crippen molar-refractivity contribution in [2.75, 3.05) is 0 Å². The van der Waals surface area contributed by atoms with Crippen molar-refractivity contribution >= 4 is 33.5 Å². The number of benzene rings is 2. The molecule has 2 saturated carbocycles. The van der Waals surface area contributed by atoms with E-state index < -0.39 is 11.2 Å². The lowest BCUT2D eigenvalue weighted by molar-refractivity contribution is 0.0116.